The van der Waals surface area contributed by atoms with Gasteiger partial charge in [-0.15, -0.1) is 0 Å². The average molecular weight is 507 g/mol. The number of carboxylic acid groups (broad SMARTS) is 2. The number of halogens is 1. The summed E-state index contributed by atoms with van der Waals surface area (Å²) in [7, 11) is 1.63. The van der Waals surface area contributed by atoms with Crippen molar-refractivity contribution in [1.29, 1.82) is 0 Å². The van der Waals surface area contributed by atoms with E-state index in [2.05, 4.69) is 9.88 Å². The minimum absolute atomic E-state index is 0.306. The average Bonchev–Trinajstić information content (AvgIpc) is 3.06. The second kappa shape index (κ2) is 11.9. The number of aliphatic carboxylic acids is 2. The van der Waals surface area contributed by atoms with Gasteiger partial charge in [0.05, 0.1) is 6.61 Å². The van der Waals surface area contributed by atoms with Gasteiger partial charge >= 0.3 is 23.3 Å². The Morgan fingerprint density at radius 2 is 1.69 bits per heavy atom. The summed E-state index contributed by atoms with van der Waals surface area (Å²) in [5, 5.41) is 14.8. The zero-order valence-electron chi connectivity index (χ0n) is 20.3. The number of rotatable bonds is 7. The number of nitrogens with zero attached hydrogens (tertiary/aromatic N) is 4. The van der Waals surface area contributed by atoms with Crippen LogP contribution in [0.3, 0.4) is 0 Å². The molecule has 196 valence electrons. The van der Waals surface area contributed by atoms with Crippen molar-refractivity contribution in [3.8, 4) is 5.75 Å². The molecular formula is C24H31FN4O7. The monoisotopic (exact) mass is 506 g/mol. The molecule has 1 aromatic heterocycles. The van der Waals surface area contributed by atoms with Crippen LogP contribution in [0.25, 0.3) is 0 Å². The lowest BCUT2D eigenvalue weighted by molar-refractivity contribution is -0.159. The highest BCUT2D eigenvalue weighted by atomic mass is 19.1. The van der Waals surface area contributed by atoms with E-state index in [0.29, 0.717) is 42.7 Å². The minimum Gasteiger partial charge on any atom is -0.490 e. The van der Waals surface area contributed by atoms with Gasteiger partial charge in [0.25, 0.3) is 0 Å². The molecule has 1 aromatic carbocycles. The highest BCUT2D eigenvalue weighted by Gasteiger charge is 2.40. The fourth-order valence-electron chi connectivity index (χ4n) is 4.94. The van der Waals surface area contributed by atoms with Crippen molar-refractivity contribution in [2.75, 3.05) is 13.2 Å². The molecule has 11 nitrogen and oxygen atoms in total. The van der Waals surface area contributed by atoms with Gasteiger partial charge < -0.3 is 14.9 Å². The van der Waals surface area contributed by atoms with E-state index >= 15 is 0 Å². The third kappa shape index (κ3) is 6.56. The Balaban J connectivity index is 0.000000538. The smallest absolute Gasteiger partial charge is 0.414 e. The van der Waals surface area contributed by atoms with E-state index in [-0.39, 0.29) is 11.5 Å². The van der Waals surface area contributed by atoms with Gasteiger partial charge in [0.15, 0.2) is 11.6 Å². The molecule has 0 amide bonds. The number of fused-ring (bicyclic) bond motifs is 2. The van der Waals surface area contributed by atoms with Crippen LogP contribution in [0.1, 0.15) is 37.9 Å². The molecule has 3 heterocycles. The Kier molecular flexibility index (Phi) is 8.97. The number of carbonyl (C=O) groups is 2. The molecule has 2 saturated heterocycles. The number of carboxylic acids is 2. The Labute approximate surface area is 206 Å². The Morgan fingerprint density at radius 1 is 1.08 bits per heavy atom. The number of aromatic nitrogens is 3. The molecule has 0 aliphatic carbocycles. The first-order valence-electron chi connectivity index (χ1n) is 11.8. The van der Waals surface area contributed by atoms with E-state index in [9.17, 15) is 14.0 Å². The fraction of sp³-hybridized carbons (Fsp3) is 0.542. The lowest BCUT2D eigenvalue weighted by Crippen LogP contribution is -2.46. The van der Waals surface area contributed by atoms with Gasteiger partial charge in [0.1, 0.15) is 5.82 Å². The van der Waals surface area contributed by atoms with Crippen LogP contribution in [0.15, 0.2) is 33.9 Å². The molecule has 0 saturated carbocycles. The van der Waals surface area contributed by atoms with E-state index in [1.807, 2.05) is 0 Å². The van der Waals surface area contributed by atoms with Crippen LogP contribution in [0.5, 0.6) is 5.75 Å². The number of ether oxygens (including phenoxy) is 1. The van der Waals surface area contributed by atoms with Crippen molar-refractivity contribution in [2.45, 2.75) is 57.7 Å². The quantitative estimate of drug-likeness (QED) is 0.530. The number of para-hydroxylation sites is 1. The van der Waals surface area contributed by atoms with Crippen molar-refractivity contribution in [1.82, 2.24) is 19.0 Å². The van der Waals surface area contributed by atoms with Crippen LogP contribution >= 0.6 is 0 Å². The van der Waals surface area contributed by atoms with E-state index < -0.39 is 17.6 Å². The Morgan fingerprint density at radius 3 is 2.28 bits per heavy atom. The summed E-state index contributed by atoms with van der Waals surface area (Å²) in [6.07, 6.45) is 5.14. The lowest BCUT2D eigenvalue weighted by atomic mass is 9.91. The summed E-state index contributed by atoms with van der Waals surface area (Å²) in [6.45, 7) is 3.45. The van der Waals surface area contributed by atoms with Crippen molar-refractivity contribution in [2.24, 2.45) is 13.0 Å². The highest BCUT2D eigenvalue weighted by Crippen LogP contribution is 2.39. The molecule has 2 aromatic rings. The second-order valence-corrected chi connectivity index (χ2v) is 9.10. The lowest BCUT2D eigenvalue weighted by Gasteiger charge is -2.39. The zero-order chi connectivity index (χ0) is 26.4. The molecule has 2 N–H and O–H groups in total. The van der Waals surface area contributed by atoms with Crippen molar-refractivity contribution >= 4 is 11.9 Å². The van der Waals surface area contributed by atoms with Crippen LogP contribution in [-0.2, 0) is 23.2 Å². The highest BCUT2D eigenvalue weighted by molar-refractivity contribution is 6.27. The normalized spacial score (nSPS) is 20.9. The molecule has 2 unspecified atom stereocenters. The minimum atomic E-state index is -1.82. The van der Waals surface area contributed by atoms with E-state index in [0.717, 1.165) is 38.6 Å². The maximum atomic E-state index is 13.8. The third-order valence-electron chi connectivity index (χ3n) is 6.77. The predicted octanol–water partition coefficient (Wildman–Crippen LogP) is 1.26. The fourth-order valence-corrected chi connectivity index (χ4v) is 4.94. The molecule has 2 atom stereocenters. The van der Waals surface area contributed by atoms with Crippen LogP contribution in [0.4, 0.5) is 4.39 Å². The standard InChI is InChI=1S/C22H29FN4O3.C2H2O4/c1-15-24-21(28)27(22(29)25(15)2)11-5-10-26-17-8-9-18(26)13-16(12-17)14-30-20-7-4-3-6-19(20)23;3-1(4)2(5)6/h3-4,6-7,16-18H,5,8-14H2,1-2H3;(H,3,4)(H,5,6). The predicted molar refractivity (Wildman–Crippen MR) is 126 cm³/mol. The van der Waals surface area contributed by atoms with Gasteiger partial charge in [-0.05, 0) is 57.1 Å². The van der Waals surface area contributed by atoms with Gasteiger partial charge in [-0.3, -0.25) is 9.47 Å². The SMILES string of the molecule is Cc1nc(=O)n(CCCN2C3CCC2CC(COc2ccccc2F)C3)c(=O)n1C.O=C(O)C(=O)O. The summed E-state index contributed by atoms with van der Waals surface area (Å²) in [6, 6.07) is 7.53. The number of benzene rings is 1. The van der Waals surface area contributed by atoms with Gasteiger partial charge in [-0.1, -0.05) is 12.1 Å². The third-order valence-corrected chi connectivity index (χ3v) is 6.77. The molecule has 0 radical (unpaired) electrons. The van der Waals surface area contributed by atoms with Crippen molar-refractivity contribution in [3.05, 3.63) is 56.9 Å². The molecule has 2 fully saturated rings. The van der Waals surface area contributed by atoms with Crippen LogP contribution in [0.2, 0.25) is 0 Å². The summed E-state index contributed by atoms with van der Waals surface area (Å²) in [4.78, 5) is 49.0. The molecule has 36 heavy (non-hydrogen) atoms. The zero-order valence-corrected chi connectivity index (χ0v) is 20.3. The number of piperidine rings is 1. The van der Waals surface area contributed by atoms with E-state index in [1.54, 1.807) is 32.2 Å². The molecule has 2 aliphatic rings. The van der Waals surface area contributed by atoms with Gasteiger partial charge in [-0.25, -0.2) is 28.1 Å². The molecule has 2 aliphatic heterocycles. The van der Waals surface area contributed by atoms with E-state index in [4.69, 9.17) is 24.5 Å². The number of hydrogen-bond acceptors (Lipinski definition) is 7. The molecule has 12 heteroatoms. The second-order valence-electron chi connectivity index (χ2n) is 9.10. The van der Waals surface area contributed by atoms with Gasteiger partial charge in [0, 0.05) is 32.2 Å². The molecule has 2 bridgehead atoms. The number of aryl methyl sites for hydroxylation is 1. The Bertz CT molecular complexity index is 1190. The maximum Gasteiger partial charge on any atom is 0.414 e. The van der Waals surface area contributed by atoms with Crippen LogP contribution in [-0.4, -0.2) is 66.4 Å². The topological polar surface area (TPSA) is 144 Å². The first-order valence-corrected chi connectivity index (χ1v) is 11.8. The number of hydrogen-bond donors (Lipinski definition) is 2. The Hall–Kier alpha value is -3.54. The molecule has 0 spiro atoms. The first-order chi connectivity index (χ1) is 17.1. The van der Waals surface area contributed by atoms with Crippen LogP contribution < -0.4 is 16.1 Å². The van der Waals surface area contributed by atoms with Crippen molar-refractivity contribution in [3.63, 3.8) is 0 Å². The van der Waals surface area contributed by atoms with E-state index in [1.165, 1.54) is 15.2 Å². The summed E-state index contributed by atoms with van der Waals surface area (Å²) in [5.74, 6) is -2.78. The van der Waals surface area contributed by atoms with Gasteiger partial charge in [-0.2, -0.15) is 4.98 Å². The largest absolute Gasteiger partial charge is 0.490 e. The summed E-state index contributed by atoms with van der Waals surface area (Å²) >= 11 is 0. The van der Waals surface area contributed by atoms with Gasteiger partial charge in [0.2, 0.25) is 0 Å². The van der Waals surface area contributed by atoms with Crippen LogP contribution in [0, 0.1) is 18.7 Å². The first kappa shape index (κ1) is 27.1. The summed E-state index contributed by atoms with van der Waals surface area (Å²) < 4.78 is 22.2. The maximum absolute atomic E-state index is 13.8. The molecule has 4 rings (SSSR count). The van der Waals surface area contributed by atoms with Crippen molar-refractivity contribution < 1.29 is 28.9 Å². The summed E-state index contributed by atoms with van der Waals surface area (Å²) in [5.41, 5.74) is -0.776. The molecular weight excluding hydrogens is 475 g/mol.